The first-order valence-electron chi connectivity index (χ1n) is 8.12. The van der Waals surface area contributed by atoms with Gasteiger partial charge in [0.1, 0.15) is 11.5 Å². The number of benzene rings is 1. The topological polar surface area (TPSA) is 77.2 Å². The van der Waals surface area contributed by atoms with E-state index in [0.717, 1.165) is 6.42 Å². The Morgan fingerprint density at radius 2 is 1.85 bits per heavy atom. The van der Waals surface area contributed by atoms with Gasteiger partial charge in [0.15, 0.2) is 0 Å². The first-order chi connectivity index (χ1) is 11.4. The zero-order valence-corrected chi connectivity index (χ0v) is 16.9. The number of pyridine rings is 1. The summed E-state index contributed by atoms with van der Waals surface area (Å²) in [5.74, 6) is 1.57. The van der Waals surface area contributed by atoms with E-state index in [2.05, 4.69) is 24.1 Å². The number of amides is 1. The molecule has 2 aromatic rings. The van der Waals surface area contributed by atoms with E-state index < -0.39 is 5.54 Å². The number of nitrogens with zero attached hydrogens (tertiary/aromatic N) is 1. The van der Waals surface area contributed by atoms with Gasteiger partial charge in [-0.2, -0.15) is 0 Å². The van der Waals surface area contributed by atoms with Gasteiger partial charge in [-0.05, 0) is 49.6 Å². The van der Waals surface area contributed by atoms with Gasteiger partial charge >= 0.3 is 0 Å². The van der Waals surface area contributed by atoms with Crippen LogP contribution >= 0.6 is 24.8 Å². The van der Waals surface area contributed by atoms with Gasteiger partial charge in [-0.3, -0.25) is 9.78 Å². The monoisotopic (exact) mass is 399 g/mol. The lowest BCUT2D eigenvalue weighted by Gasteiger charge is -2.31. The molecule has 0 saturated heterocycles. The van der Waals surface area contributed by atoms with Crippen LogP contribution < -0.4 is 15.8 Å². The Morgan fingerprint density at radius 3 is 2.42 bits per heavy atom. The highest BCUT2D eigenvalue weighted by Gasteiger charge is 2.26. The molecule has 144 valence electrons. The molecule has 0 fully saturated rings. The molecule has 2 rings (SSSR count). The van der Waals surface area contributed by atoms with Crippen LogP contribution in [0.15, 0.2) is 48.8 Å². The number of carbonyl (C=O) groups is 1. The minimum atomic E-state index is -0.423. The summed E-state index contributed by atoms with van der Waals surface area (Å²) < 4.78 is 5.75. The average Bonchev–Trinajstić information content (AvgIpc) is 2.55. The summed E-state index contributed by atoms with van der Waals surface area (Å²) in [7, 11) is 0. The Labute approximate surface area is 167 Å². The summed E-state index contributed by atoms with van der Waals surface area (Å²) in [6.07, 6.45) is 4.14. The third-order valence-corrected chi connectivity index (χ3v) is 3.71. The number of hydrogen-bond donors (Lipinski definition) is 2. The van der Waals surface area contributed by atoms with Gasteiger partial charge in [-0.1, -0.05) is 19.9 Å². The van der Waals surface area contributed by atoms with E-state index in [1.54, 1.807) is 42.7 Å². The summed E-state index contributed by atoms with van der Waals surface area (Å²) in [5, 5.41) is 3.05. The van der Waals surface area contributed by atoms with Crippen LogP contribution in [0.2, 0.25) is 0 Å². The van der Waals surface area contributed by atoms with Gasteiger partial charge in [0.05, 0.1) is 0 Å². The number of aromatic nitrogens is 1. The van der Waals surface area contributed by atoms with Crippen molar-refractivity contribution < 1.29 is 9.53 Å². The van der Waals surface area contributed by atoms with E-state index in [1.807, 2.05) is 13.0 Å². The van der Waals surface area contributed by atoms with Crippen molar-refractivity contribution in [3.8, 4) is 11.5 Å². The molecule has 1 aromatic heterocycles. The molecule has 1 amide bonds. The van der Waals surface area contributed by atoms with Crippen LogP contribution in [0.1, 0.15) is 37.6 Å². The third-order valence-electron chi connectivity index (χ3n) is 3.71. The van der Waals surface area contributed by atoms with Crippen molar-refractivity contribution in [2.75, 3.05) is 6.54 Å². The molecule has 0 saturated carbocycles. The molecule has 1 unspecified atom stereocenters. The minimum Gasteiger partial charge on any atom is -0.457 e. The fourth-order valence-corrected chi connectivity index (χ4v) is 2.68. The molecular weight excluding hydrogens is 373 g/mol. The van der Waals surface area contributed by atoms with Crippen molar-refractivity contribution in [3.63, 3.8) is 0 Å². The van der Waals surface area contributed by atoms with Crippen molar-refractivity contribution >= 4 is 30.7 Å². The number of ether oxygens (including phenoxy) is 1. The Bertz CT molecular complexity index is 683. The second-order valence-corrected chi connectivity index (χ2v) is 6.63. The van der Waals surface area contributed by atoms with Gasteiger partial charge in [0, 0.05) is 30.0 Å². The van der Waals surface area contributed by atoms with Gasteiger partial charge < -0.3 is 15.8 Å². The number of hydrogen-bond acceptors (Lipinski definition) is 4. The zero-order chi connectivity index (χ0) is 17.6. The van der Waals surface area contributed by atoms with Crippen LogP contribution in [-0.4, -0.2) is 23.0 Å². The molecule has 1 heterocycles. The molecular formula is C19H27Cl2N3O2. The quantitative estimate of drug-likeness (QED) is 0.730. The first-order valence-corrected chi connectivity index (χ1v) is 8.12. The fourth-order valence-electron chi connectivity index (χ4n) is 2.68. The number of halogens is 2. The van der Waals surface area contributed by atoms with Crippen LogP contribution in [0.5, 0.6) is 11.5 Å². The summed E-state index contributed by atoms with van der Waals surface area (Å²) in [4.78, 5) is 16.5. The average molecular weight is 400 g/mol. The fraction of sp³-hybridized carbons (Fsp3) is 0.368. The smallest absolute Gasteiger partial charge is 0.251 e. The molecule has 1 aromatic carbocycles. The second kappa shape index (κ2) is 11.0. The number of nitrogens with two attached hydrogens (primary N) is 1. The second-order valence-electron chi connectivity index (χ2n) is 6.63. The Hall–Kier alpha value is -1.82. The van der Waals surface area contributed by atoms with Gasteiger partial charge in [0.2, 0.25) is 0 Å². The van der Waals surface area contributed by atoms with Crippen molar-refractivity contribution in [1.29, 1.82) is 0 Å². The summed E-state index contributed by atoms with van der Waals surface area (Å²) in [6.45, 7) is 6.60. The molecule has 26 heavy (non-hydrogen) atoms. The Kier molecular flexibility index (Phi) is 10.2. The lowest BCUT2D eigenvalue weighted by molar-refractivity contribution is 0.0898. The Balaban J connectivity index is 0.00000312. The zero-order valence-electron chi connectivity index (χ0n) is 15.3. The number of rotatable bonds is 7. The lowest BCUT2D eigenvalue weighted by Crippen LogP contribution is -2.52. The molecule has 0 spiro atoms. The first kappa shape index (κ1) is 24.2. The number of nitrogens with one attached hydrogen (secondary N) is 1. The number of carbonyl (C=O) groups excluding carboxylic acids is 1. The maximum absolute atomic E-state index is 12.6. The minimum absolute atomic E-state index is 0. The molecule has 0 radical (unpaired) electrons. The molecule has 5 nitrogen and oxygen atoms in total. The summed E-state index contributed by atoms with van der Waals surface area (Å²) in [6, 6.07) is 10.6. The van der Waals surface area contributed by atoms with Gasteiger partial charge in [-0.25, -0.2) is 0 Å². The molecule has 7 heteroatoms. The van der Waals surface area contributed by atoms with Crippen LogP contribution in [-0.2, 0) is 0 Å². The largest absolute Gasteiger partial charge is 0.457 e. The van der Waals surface area contributed by atoms with E-state index in [0.29, 0.717) is 29.5 Å². The molecule has 0 bridgehead atoms. The van der Waals surface area contributed by atoms with E-state index in [-0.39, 0.29) is 30.7 Å². The normalized spacial score (nSPS) is 12.3. The maximum atomic E-state index is 12.6. The lowest BCUT2D eigenvalue weighted by atomic mass is 9.90. The third kappa shape index (κ3) is 7.20. The predicted octanol–water partition coefficient (Wildman–Crippen LogP) is 4.21. The standard InChI is InChI=1S/C19H25N3O2.2ClH/c1-14(2)12-19(3,13-20)22-18(23)15-5-4-6-17(11-15)24-16-7-9-21-10-8-16;;/h4-11,14H,12-13,20H2,1-3H3,(H,22,23);2*1H. The van der Waals surface area contributed by atoms with Crippen molar-refractivity contribution in [1.82, 2.24) is 10.3 Å². The van der Waals surface area contributed by atoms with Crippen molar-refractivity contribution in [2.24, 2.45) is 11.7 Å². The highest BCUT2D eigenvalue weighted by atomic mass is 35.5. The Morgan fingerprint density at radius 1 is 1.19 bits per heavy atom. The molecule has 3 N–H and O–H groups in total. The maximum Gasteiger partial charge on any atom is 0.251 e. The van der Waals surface area contributed by atoms with Crippen LogP contribution in [0.25, 0.3) is 0 Å². The highest BCUT2D eigenvalue weighted by Crippen LogP contribution is 2.22. The van der Waals surface area contributed by atoms with Gasteiger partial charge in [0.25, 0.3) is 5.91 Å². The van der Waals surface area contributed by atoms with Crippen LogP contribution in [0.3, 0.4) is 0 Å². The molecule has 0 aliphatic rings. The molecule has 0 aliphatic carbocycles. The predicted molar refractivity (Wildman–Crippen MR) is 110 cm³/mol. The van der Waals surface area contributed by atoms with Gasteiger partial charge in [-0.15, -0.1) is 24.8 Å². The van der Waals surface area contributed by atoms with E-state index in [9.17, 15) is 4.79 Å². The van der Waals surface area contributed by atoms with Crippen LogP contribution in [0, 0.1) is 5.92 Å². The summed E-state index contributed by atoms with van der Waals surface area (Å²) in [5.41, 5.74) is 5.99. The summed E-state index contributed by atoms with van der Waals surface area (Å²) >= 11 is 0. The highest BCUT2D eigenvalue weighted by molar-refractivity contribution is 5.95. The van der Waals surface area contributed by atoms with Crippen molar-refractivity contribution in [3.05, 3.63) is 54.4 Å². The van der Waals surface area contributed by atoms with Crippen molar-refractivity contribution in [2.45, 2.75) is 32.7 Å². The molecule has 1 atom stereocenters. The van der Waals surface area contributed by atoms with E-state index >= 15 is 0 Å². The van der Waals surface area contributed by atoms with Crippen LogP contribution in [0.4, 0.5) is 0 Å². The van der Waals surface area contributed by atoms with E-state index in [1.165, 1.54) is 0 Å². The molecule has 0 aliphatic heterocycles. The SMILES string of the molecule is CC(C)CC(C)(CN)NC(=O)c1cccc(Oc2ccncc2)c1.Cl.Cl. The van der Waals surface area contributed by atoms with E-state index in [4.69, 9.17) is 10.5 Å².